The Labute approximate surface area is 68.2 Å². The van der Waals surface area contributed by atoms with Gasteiger partial charge in [-0.15, -0.1) is 0 Å². The first kappa shape index (κ1) is 8.34. The first-order valence-corrected chi connectivity index (χ1v) is 4.08. The second-order valence-electron chi connectivity index (χ2n) is 2.74. The van der Waals surface area contributed by atoms with E-state index in [1.165, 1.54) is 11.3 Å². The molecule has 0 atom stereocenters. The van der Waals surface area contributed by atoms with Gasteiger partial charge in [0.15, 0.2) is 0 Å². The predicted octanol–water partition coefficient (Wildman–Crippen LogP) is 1.54. The third kappa shape index (κ3) is 1.63. The van der Waals surface area contributed by atoms with Gasteiger partial charge in [-0.05, 0) is 32.5 Å². The van der Waals surface area contributed by atoms with E-state index in [1.807, 2.05) is 7.05 Å². The minimum Gasteiger partial charge on any atom is -0.352 e. The normalized spacial score (nSPS) is 10.5. The lowest BCUT2D eigenvalue weighted by Gasteiger charge is -2.03. The first-order valence-electron chi connectivity index (χ1n) is 4.08. The molecule has 0 aromatic carbocycles. The molecular formula is C9H16N2. The van der Waals surface area contributed by atoms with Gasteiger partial charge in [0.2, 0.25) is 0 Å². The van der Waals surface area contributed by atoms with E-state index in [0.717, 1.165) is 13.1 Å². The number of aryl methyl sites for hydroxylation is 1. The van der Waals surface area contributed by atoms with Crippen molar-refractivity contribution >= 4 is 0 Å². The molecule has 0 saturated heterocycles. The molecule has 0 amide bonds. The summed E-state index contributed by atoms with van der Waals surface area (Å²) in [4.78, 5) is 0. The van der Waals surface area contributed by atoms with E-state index in [2.05, 4.69) is 36.0 Å². The summed E-state index contributed by atoms with van der Waals surface area (Å²) in [5.74, 6) is 0. The van der Waals surface area contributed by atoms with Crippen molar-refractivity contribution in [2.45, 2.75) is 26.9 Å². The number of aromatic nitrogens is 1. The average Bonchev–Trinajstić information content (AvgIpc) is 2.34. The van der Waals surface area contributed by atoms with E-state index in [9.17, 15) is 0 Å². The van der Waals surface area contributed by atoms with Crippen molar-refractivity contribution in [1.82, 2.24) is 9.88 Å². The monoisotopic (exact) mass is 152 g/mol. The summed E-state index contributed by atoms with van der Waals surface area (Å²) >= 11 is 0. The van der Waals surface area contributed by atoms with Crippen LogP contribution < -0.4 is 5.32 Å². The summed E-state index contributed by atoms with van der Waals surface area (Å²) < 4.78 is 2.26. The van der Waals surface area contributed by atoms with Crippen LogP contribution in [0.1, 0.15) is 18.2 Å². The maximum atomic E-state index is 3.15. The van der Waals surface area contributed by atoms with Crippen LogP contribution in [0.4, 0.5) is 0 Å². The standard InChI is InChI=1S/C9H16N2/c1-4-11-6-5-9(7-10-3)8(11)2/h5-6,10H,4,7H2,1-3H3. The Morgan fingerprint density at radius 1 is 1.55 bits per heavy atom. The predicted molar refractivity (Wildman–Crippen MR) is 47.6 cm³/mol. The smallest absolute Gasteiger partial charge is 0.0220 e. The van der Waals surface area contributed by atoms with Crippen LogP contribution in [-0.4, -0.2) is 11.6 Å². The summed E-state index contributed by atoms with van der Waals surface area (Å²) in [6.45, 7) is 6.36. The Bertz CT molecular complexity index is 225. The summed E-state index contributed by atoms with van der Waals surface area (Å²) in [6, 6.07) is 2.18. The molecule has 1 aromatic rings. The molecule has 1 rings (SSSR count). The highest BCUT2D eigenvalue weighted by Gasteiger charge is 2.00. The molecule has 2 heteroatoms. The van der Waals surface area contributed by atoms with Crippen LogP contribution in [0, 0.1) is 6.92 Å². The van der Waals surface area contributed by atoms with E-state index >= 15 is 0 Å². The fraction of sp³-hybridized carbons (Fsp3) is 0.556. The minimum atomic E-state index is 0.971. The van der Waals surface area contributed by atoms with Crippen LogP contribution in [0.2, 0.25) is 0 Å². The van der Waals surface area contributed by atoms with Crippen molar-refractivity contribution in [2.24, 2.45) is 0 Å². The summed E-state index contributed by atoms with van der Waals surface area (Å²) in [5.41, 5.74) is 2.77. The van der Waals surface area contributed by atoms with Crippen LogP contribution in [0.5, 0.6) is 0 Å². The fourth-order valence-corrected chi connectivity index (χ4v) is 1.32. The fourth-order valence-electron chi connectivity index (χ4n) is 1.32. The van der Waals surface area contributed by atoms with E-state index in [4.69, 9.17) is 0 Å². The summed E-state index contributed by atoms with van der Waals surface area (Å²) in [5, 5.41) is 3.15. The number of rotatable bonds is 3. The Morgan fingerprint density at radius 3 is 2.73 bits per heavy atom. The second kappa shape index (κ2) is 3.58. The molecule has 2 nitrogen and oxygen atoms in total. The largest absolute Gasteiger partial charge is 0.352 e. The van der Waals surface area contributed by atoms with Gasteiger partial charge in [-0.3, -0.25) is 0 Å². The first-order chi connectivity index (χ1) is 5.29. The third-order valence-corrected chi connectivity index (χ3v) is 2.06. The summed E-state index contributed by atoms with van der Waals surface area (Å²) in [6.07, 6.45) is 2.14. The zero-order valence-corrected chi connectivity index (χ0v) is 7.52. The Balaban J connectivity index is 2.82. The number of hydrogen-bond donors (Lipinski definition) is 1. The van der Waals surface area contributed by atoms with Crippen molar-refractivity contribution in [3.8, 4) is 0 Å². The Hall–Kier alpha value is -0.760. The summed E-state index contributed by atoms with van der Waals surface area (Å²) in [7, 11) is 1.97. The van der Waals surface area contributed by atoms with Crippen LogP contribution in [-0.2, 0) is 13.1 Å². The van der Waals surface area contributed by atoms with Gasteiger partial charge in [0, 0.05) is 25.0 Å². The molecule has 11 heavy (non-hydrogen) atoms. The molecule has 0 aliphatic carbocycles. The van der Waals surface area contributed by atoms with Gasteiger partial charge in [0.1, 0.15) is 0 Å². The van der Waals surface area contributed by atoms with Crippen molar-refractivity contribution in [1.29, 1.82) is 0 Å². The highest BCUT2D eigenvalue weighted by atomic mass is 15.0. The molecule has 0 unspecified atom stereocenters. The van der Waals surface area contributed by atoms with Gasteiger partial charge >= 0.3 is 0 Å². The van der Waals surface area contributed by atoms with Gasteiger partial charge in [0.25, 0.3) is 0 Å². The van der Waals surface area contributed by atoms with E-state index in [0.29, 0.717) is 0 Å². The molecular weight excluding hydrogens is 136 g/mol. The lowest BCUT2D eigenvalue weighted by Crippen LogP contribution is -2.06. The molecule has 0 spiro atoms. The van der Waals surface area contributed by atoms with E-state index < -0.39 is 0 Å². The molecule has 0 aliphatic heterocycles. The zero-order valence-electron chi connectivity index (χ0n) is 7.52. The molecule has 1 heterocycles. The second-order valence-corrected chi connectivity index (χ2v) is 2.74. The third-order valence-electron chi connectivity index (χ3n) is 2.06. The highest BCUT2D eigenvalue weighted by molar-refractivity contribution is 5.20. The Kier molecular flexibility index (Phi) is 2.71. The molecule has 0 radical (unpaired) electrons. The lowest BCUT2D eigenvalue weighted by atomic mass is 10.2. The highest BCUT2D eigenvalue weighted by Crippen LogP contribution is 2.08. The lowest BCUT2D eigenvalue weighted by molar-refractivity contribution is 0.727. The van der Waals surface area contributed by atoms with Crippen molar-refractivity contribution in [2.75, 3.05) is 7.05 Å². The van der Waals surface area contributed by atoms with Gasteiger partial charge in [-0.1, -0.05) is 0 Å². The average molecular weight is 152 g/mol. The van der Waals surface area contributed by atoms with E-state index in [-0.39, 0.29) is 0 Å². The van der Waals surface area contributed by atoms with Crippen LogP contribution in [0.15, 0.2) is 12.3 Å². The molecule has 1 aromatic heterocycles. The number of nitrogens with one attached hydrogen (secondary N) is 1. The van der Waals surface area contributed by atoms with Gasteiger partial charge < -0.3 is 9.88 Å². The number of hydrogen-bond acceptors (Lipinski definition) is 1. The molecule has 0 fully saturated rings. The molecule has 0 bridgehead atoms. The van der Waals surface area contributed by atoms with Gasteiger partial charge in [-0.25, -0.2) is 0 Å². The molecule has 0 aliphatic rings. The SMILES string of the molecule is CCn1ccc(CNC)c1C. The maximum absolute atomic E-state index is 3.15. The van der Waals surface area contributed by atoms with Gasteiger partial charge in [0.05, 0.1) is 0 Å². The molecule has 62 valence electrons. The van der Waals surface area contributed by atoms with Crippen molar-refractivity contribution < 1.29 is 0 Å². The van der Waals surface area contributed by atoms with Crippen LogP contribution in [0.25, 0.3) is 0 Å². The Morgan fingerprint density at radius 2 is 2.27 bits per heavy atom. The zero-order chi connectivity index (χ0) is 8.27. The quantitative estimate of drug-likeness (QED) is 0.695. The van der Waals surface area contributed by atoms with Gasteiger partial charge in [-0.2, -0.15) is 0 Å². The minimum absolute atomic E-state index is 0.971. The molecule has 1 N–H and O–H groups in total. The molecule has 0 saturated carbocycles. The van der Waals surface area contributed by atoms with Crippen molar-refractivity contribution in [3.63, 3.8) is 0 Å². The van der Waals surface area contributed by atoms with Crippen LogP contribution >= 0.6 is 0 Å². The number of nitrogens with zero attached hydrogens (tertiary/aromatic N) is 1. The van der Waals surface area contributed by atoms with E-state index in [1.54, 1.807) is 0 Å². The van der Waals surface area contributed by atoms with Crippen molar-refractivity contribution in [3.05, 3.63) is 23.5 Å². The van der Waals surface area contributed by atoms with Crippen LogP contribution in [0.3, 0.4) is 0 Å². The maximum Gasteiger partial charge on any atom is 0.0220 e. The topological polar surface area (TPSA) is 17.0 Å².